The van der Waals surface area contributed by atoms with Crippen LogP contribution >= 0.6 is 11.6 Å². The highest BCUT2D eigenvalue weighted by atomic mass is 35.5. The highest BCUT2D eigenvalue weighted by Gasteiger charge is 2.34. The molecule has 39 heavy (non-hydrogen) atoms. The maximum absolute atomic E-state index is 14.0. The van der Waals surface area contributed by atoms with E-state index in [1.165, 1.54) is 22.5 Å². The van der Waals surface area contributed by atoms with Gasteiger partial charge in [-0.15, -0.1) is 0 Å². The number of sulfonamides is 1. The van der Waals surface area contributed by atoms with Gasteiger partial charge in [0.15, 0.2) is 0 Å². The summed E-state index contributed by atoms with van der Waals surface area (Å²) >= 11 is 6.30. The van der Waals surface area contributed by atoms with Gasteiger partial charge in [-0.05, 0) is 55.2 Å². The van der Waals surface area contributed by atoms with E-state index >= 15 is 0 Å². The Labute approximate surface area is 227 Å². The topological polar surface area (TPSA) is 121 Å². The van der Waals surface area contributed by atoms with E-state index in [2.05, 4.69) is 4.98 Å². The molecule has 2 heterocycles. The van der Waals surface area contributed by atoms with Gasteiger partial charge in [0.05, 0.1) is 35.2 Å². The molecule has 0 saturated heterocycles. The van der Waals surface area contributed by atoms with Gasteiger partial charge in [-0.25, -0.2) is 8.42 Å². The van der Waals surface area contributed by atoms with Crippen molar-refractivity contribution in [3.63, 3.8) is 0 Å². The molecule has 0 bridgehead atoms. The number of carboxylic acids is 1. The Balaban J connectivity index is 1.80. The molecule has 1 N–H and O–H groups in total. The minimum Gasteiger partial charge on any atom is -0.491 e. The quantitative estimate of drug-likeness (QED) is 0.382. The van der Waals surface area contributed by atoms with Crippen LogP contribution in [0.25, 0.3) is 11.1 Å². The largest absolute Gasteiger partial charge is 0.491 e. The summed E-state index contributed by atoms with van der Waals surface area (Å²) in [5.74, 6) is -0.850. The van der Waals surface area contributed by atoms with Crippen molar-refractivity contribution in [1.29, 1.82) is 5.26 Å². The maximum atomic E-state index is 14.0. The van der Waals surface area contributed by atoms with E-state index in [4.69, 9.17) is 21.4 Å². The van der Waals surface area contributed by atoms with Crippen molar-refractivity contribution in [3.8, 4) is 22.9 Å². The van der Waals surface area contributed by atoms with Crippen molar-refractivity contribution in [2.24, 2.45) is 0 Å². The summed E-state index contributed by atoms with van der Waals surface area (Å²) in [6.07, 6.45) is -2.40. The number of benzene rings is 2. The first kappa shape index (κ1) is 28.2. The first-order chi connectivity index (χ1) is 18.4. The van der Waals surface area contributed by atoms with E-state index in [1.54, 1.807) is 24.3 Å². The van der Waals surface area contributed by atoms with Crippen LogP contribution in [0.4, 0.5) is 18.9 Å². The number of alkyl halides is 3. The molecule has 204 valence electrons. The number of rotatable bonds is 7. The number of carbonyl (C=O) groups is 1. The number of carboxylic acid groups (broad SMARTS) is 1. The number of halogens is 4. The number of nitriles is 1. The van der Waals surface area contributed by atoms with E-state index in [0.29, 0.717) is 36.6 Å². The van der Waals surface area contributed by atoms with Crippen LogP contribution in [0.1, 0.15) is 36.1 Å². The second kappa shape index (κ2) is 11.1. The zero-order chi connectivity index (χ0) is 28.4. The molecule has 3 aromatic rings. The third-order valence-electron chi connectivity index (χ3n) is 6.09. The Morgan fingerprint density at radius 1 is 1.18 bits per heavy atom. The molecule has 8 nitrogen and oxygen atoms in total. The molecule has 0 saturated carbocycles. The van der Waals surface area contributed by atoms with Crippen molar-refractivity contribution in [3.05, 3.63) is 70.5 Å². The zero-order valence-electron chi connectivity index (χ0n) is 20.2. The van der Waals surface area contributed by atoms with Gasteiger partial charge in [0.25, 0.3) is 10.0 Å². The van der Waals surface area contributed by atoms with Gasteiger partial charge in [0.2, 0.25) is 0 Å². The lowest BCUT2D eigenvalue weighted by atomic mass is 10.0. The van der Waals surface area contributed by atoms with E-state index in [0.717, 1.165) is 6.20 Å². The lowest BCUT2D eigenvalue weighted by Crippen LogP contribution is -2.32. The van der Waals surface area contributed by atoms with Gasteiger partial charge < -0.3 is 9.84 Å². The van der Waals surface area contributed by atoms with Gasteiger partial charge >= 0.3 is 12.1 Å². The van der Waals surface area contributed by atoms with Gasteiger partial charge in [-0.1, -0.05) is 23.7 Å². The van der Waals surface area contributed by atoms with Crippen molar-refractivity contribution in [2.45, 2.75) is 36.8 Å². The molecule has 0 spiro atoms. The predicted octanol–water partition coefficient (Wildman–Crippen LogP) is 5.68. The summed E-state index contributed by atoms with van der Waals surface area (Å²) in [7, 11) is -4.27. The molecular weight excluding hydrogens is 559 g/mol. The highest BCUT2D eigenvalue weighted by molar-refractivity contribution is 7.92. The standard InChI is InChI=1S/C26H21ClF3N3O5S/c27-21-8-7-18(13-19(21)20-15-32-23(26(28,29)30)12-17(20)14-31)39(36,37)33-10-2-1-4-16-5-3-6-22(25(16)33)38-11-9-24(34)35/h3,5-8,12-13,15H,1-2,4,9-11H2,(H,34,35). The molecule has 1 aliphatic heterocycles. The summed E-state index contributed by atoms with van der Waals surface area (Å²) < 4.78 is 74.2. The molecule has 0 aliphatic carbocycles. The average Bonchev–Trinajstić information content (AvgIpc) is 3.11. The second-order valence-corrected chi connectivity index (χ2v) is 10.9. The van der Waals surface area contributed by atoms with E-state index in [1.807, 2.05) is 0 Å². The molecule has 0 unspecified atom stereocenters. The number of pyridine rings is 1. The minimum absolute atomic E-state index is 0.0148. The Hall–Kier alpha value is -3.82. The lowest BCUT2D eigenvalue weighted by Gasteiger charge is -2.27. The number of ether oxygens (including phenoxy) is 1. The predicted molar refractivity (Wildman–Crippen MR) is 136 cm³/mol. The number of anilines is 1. The van der Waals surface area contributed by atoms with Crippen molar-refractivity contribution in [2.75, 3.05) is 17.5 Å². The Morgan fingerprint density at radius 2 is 1.95 bits per heavy atom. The fourth-order valence-electron chi connectivity index (χ4n) is 4.26. The van der Waals surface area contributed by atoms with Gasteiger partial charge in [-0.3, -0.25) is 14.1 Å². The SMILES string of the molecule is N#Cc1cc(C(F)(F)F)ncc1-c1cc(S(=O)(=O)N2CCCCc3cccc(OCCC(=O)O)c32)ccc1Cl. The Morgan fingerprint density at radius 3 is 2.64 bits per heavy atom. The van der Waals surface area contributed by atoms with E-state index in [-0.39, 0.29) is 51.9 Å². The molecule has 0 amide bonds. The normalized spacial score (nSPS) is 13.8. The highest BCUT2D eigenvalue weighted by Crippen LogP contribution is 2.41. The molecule has 2 aromatic carbocycles. The van der Waals surface area contributed by atoms with Crippen LogP contribution in [0.5, 0.6) is 5.75 Å². The number of para-hydroxylation sites is 1. The number of hydrogen-bond donors (Lipinski definition) is 1. The summed E-state index contributed by atoms with van der Waals surface area (Å²) in [5, 5.41) is 18.5. The van der Waals surface area contributed by atoms with Crippen molar-refractivity contribution in [1.82, 2.24) is 4.98 Å². The van der Waals surface area contributed by atoms with E-state index in [9.17, 15) is 31.6 Å². The van der Waals surface area contributed by atoms with Gasteiger partial charge in [0.1, 0.15) is 11.4 Å². The first-order valence-electron chi connectivity index (χ1n) is 11.7. The Kier molecular flexibility index (Phi) is 8.04. The van der Waals surface area contributed by atoms with Crippen molar-refractivity contribution >= 4 is 33.3 Å². The Bertz CT molecular complexity index is 1570. The zero-order valence-corrected chi connectivity index (χ0v) is 21.8. The molecule has 1 aromatic heterocycles. The fourth-order valence-corrected chi connectivity index (χ4v) is 6.05. The van der Waals surface area contributed by atoms with E-state index < -0.39 is 27.9 Å². The molecule has 0 atom stereocenters. The van der Waals surface area contributed by atoms with Crippen LogP contribution < -0.4 is 9.04 Å². The number of aliphatic carboxylic acids is 1. The van der Waals surface area contributed by atoms with Gasteiger partial charge in [0, 0.05) is 28.9 Å². The number of fused-ring (bicyclic) bond motifs is 1. The summed E-state index contributed by atoms with van der Waals surface area (Å²) in [6.45, 7) is -0.0551. The third-order valence-corrected chi connectivity index (χ3v) is 8.22. The number of aryl methyl sites for hydroxylation is 1. The molecule has 0 radical (unpaired) electrons. The molecular formula is C26H21ClF3N3O5S. The van der Waals surface area contributed by atoms with Gasteiger partial charge in [-0.2, -0.15) is 18.4 Å². The van der Waals surface area contributed by atoms with Crippen LogP contribution in [0, 0.1) is 11.3 Å². The molecule has 4 rings (SSSR count). The molecule has 13 heteroatoms. The number of aromatic nitrogens is 1. The van der Waals surface area contributed by atoms with Crippen LogP contribution in [0.3, 0.4) is 0 Å². The summed E-state index contributed by atoms with van der Waals surface area (Å²) in [4.78, 5) is 14.1. The first-order valence-corrected chi connectivity index (χ1v) is 13.5. The van der Waals surface area contributed by atoms with Crippen LogP contribution in [-0.2, 0) is 27.4 Å². The number of hydrogen-bond acceptors (Lipinski definition) is 6. The van der Waals surface area contributed by atoms with Crippen molar-refractivity contribution < 1.29 is 36.2 Å². The molecule has 1 aliphatic rings. The smallest absolute Gasteiger partial charge is 0.433 e. The monoisotopic (exact) mass is 579 g/mol. The van der Waals surface area contributed by atoms with Crippen LogP contribution in [0.15, 0.2) is 53.6 Å². The third kappa shape index (κ3) is 5.94. The fraction of sp³-hybridized carbons (Fsp3) is 0.269. The summed E-state index contributed by atoms with van der Waals surface area (Å²) in [5.41, 5.74) is -0.664. The molecule has 0 fully saturated rings. The summed E-state index contributed by atoms with van der Waals surface area (Å²) in [6, 6.07) is 11.1. The maximum Gasteiger partial charge on any atom is 0.433 e. The van der Waals surface area contributed by atoms with Crippen LogP contribution in [-0.4, -0.2) is 37.6 Å². The number of nitrogens with zero attached hydrogens (tertiary/aromatic N) is 3. The average molecular weight is 580 g/mol. The minimum atomic E-state index is -4.77. The second-order valence-electron chi connectivity index (χ2n) is 8.66. The lowest BCUT2D eigenvalue weighted by molar-refractivity contribution is -0.141. The van der Waals surface area contributed by atoms with Crippen LogP contribution in [0.2, 0.25) is 5.02 Å².